The maximum atomic E-state index is 12.2. The van der Waals surface area contributed by atoms with E-state index in [1.165, 1.54) is 6.92 Å². The molecule has 21 heavy (non-hydrogen) atoms. The number of hydrogen-bond acceptors (Lipinski definition) is 4. The highest BCUT2D eigenvalue weighted by Gasteiger charge is 2.08. The van der Waals surface area contributed by atoms with E-state index in [2.05, 4.69) is 15.6 Å². The molecule has 4 N–H and O–H groups in total. The van der Waals surface area contributed by atoms with Gasteiger partial charge in [-0.3, -0.25) is 9.59 Å². The minimum atomic E-state index is -0.302. The highest BCUT2D eigenvalue weighted by atomic mass is 16.2. The quantitative estimate of drug-likeness (QED) is 0.796. The fraction of sp³-hybridized carbons (Fsp3) is 0.133. The van der Waals surface area contributed by atoms with Crippen LogP contribution in [0.15, 0.2) is 42.5 Å². The van der Waals surface area contributed by atoms with Crippen LogP contribution < -0.4 is 16.4 Å². The van der Waals surface area contributed by atoms with Crippen LogP contribution in [0, 0.1) is 0 Å². The molecule has 0 atom stereocenters. The molecule has 0 aliphatic rings. The molecule has 2 aromatic rings. The fourth-order valence-corrected chi connectivity index (χ4v) is 1.79. The average molecular weight is 284 g/mol. The highest BCUT2D eigenvalue weighted by Crippen LogP contribution is 2.13. The van der Waals surface area contributed by atoms with Crippen molar-refractivity contribution in [2.24, 2.45) is 5.73 Å². The summed E-state index contributed by atoms with van der Waals surface area (Å²) in [4.78, 5) is 27.4. The van der Waals surface area contributed by atoms with Crippen molar-refractivity contribution in [2.75, 3.05) is 10.6 Å². The molecular weight excluding hydrogens is 268 g/mol. The summed E-state index contributed by atoms with van der Waals surface area (Å²) in [5.74, 6) is -0.0541. The lowest BCUT2D eigenvalue weighted by atomic mass is 10.2. The van der Waals surface area contributed by atoms with Crippen LogP contribution in [0.3, 0.4) is 0 Å². The van der Waals surface area contributed by atoms with Gasteiger partial charge in [-0.25, -0.2) is 4.98 Å². The van der Waals surface area contributed by atoms with Crippen LogP contribution in [0.1, 0.15) is 23.0 Å². The van der Waals surface area contributed by atoms with Gasteiger partial charge in [0.05, 0.1) is 5.69 Å². The first-order valence-corrected chi connectivity index (χ1v) is 6.43. The van der Waals surface area contributed by atoms with Gasteiger partial charge in [-0.05, 0) is 30.3 Å². The van der Waals surface area contributed by atoms with Gasteiger partial charge in [-0.15, -0.1) is 0 Å². The van der Waals surface area contributed by atoms with E-state index in [9.17, 15) is 9.59 Å². The van der Waals surface area contributed by atoms with Gasteiger partial charge in [0.1, 0.15) is 5.82 Å². The van der Waals surface area contributed by atoms with Gasteiger partial charge in [-0.1, -0.05) is 12.1 Å². The van der Waals surface area contributed by atoms with Crippen molar-refractivity contribution < 1.29 is 9.59 Å². The third kappa shape index (κ3) is 4.12. The number of rotatable bonds is 4. The number of anilines is 2. The summed E-state index contributed by atoms with van der Waals surface area (Å²) in [5.41, 5.74) is 7.21. The molecule has 0 aliphatic heterocycles. The Labute approximate surface area is 122 Å². The molecule has 0 saturated heterocycles. The van der Waals surface area contributed by atoms with E-state index >= 15 is 0 Å². The van der Waals surface area contributed by atoms with Crippen molar-refractivity contribution in [2.45, 2.75) is 13.5 Å². The van der Waals surface area contributed by atoms with E-state index in [-0.39, 0.29) is 11.8 Å². The number of amides is 2. The van der Waals surface area contributed by atoms with Crippen molar-refractivity contribution in [3.8, 4) is 0 Å². The number of nitrogens with zero attached hydrogens (tertiary/aromatic N) is 1. The summed E-state index contributed by atoms with van der Waals surface area (Å²) in [6, 6.07) is 11.9. The predicted octanol–water partition coefficient (Wildman–Crippen LogP) is 1.75. The first kappa shape index (κ1) is 14.7. The Bertz CT molecular complexity index is 670. The summed E-state index contributed by atoms with van der Waals surface area (Å²) in [6.45, 7) is 1.72. The number of carbonyl (C=O) groups is 2. The van der Waals surface area contributed by atoms with Gasteiger partial charge in [0.2, 0.25) is 5.91 Å². The summed E-state index contributed by atoms with van der Waals surface area (Å²) in [7, 11) is 0. The van der Waals surface area contributed by atoms with Crippen LogP contribution >= 0.6 is 0 Å². The normalized spacial score (nSPS) is 10.0. The SMILES string of the molecule is CC(=O)Nc1cccc(C(=O)Nc2cccc(CN)n2)c1. The highest BCUT2D eigenvalue weighted by molar-refractivity contribution is 6.04. The Balaban J connectivity index is 2.14. The Morgan fingerprint density at radius 1 is 1.14 bits per heavy atom. The van der Waals surface area contributed by atoms with Gasteiger partial charge >= 0.3 is 0 Å². The number of carbonyl (C=O) groups excluding carboxylic acids is 2. The zero-order chi connectivity index (χ0) is 15.2. The molecule has 0 bridgehead atoms. The average Bonchev–Trinajstić information content (AvgIpc) is 2.47. The second kappa shape index (κ2) is 6.62. The lowest BCUT2D eigenvalue weighted by Gasteiger charge is -2.07. The van der Waals surface area contributed by atoms with Crippen LogP contribution in [0.25, 0.3) is 0 Å². The Morgan fingerprint density at radius 2 is 1.90 bits per heavy atom. The molecule has 1 aromatic carbocycles. The lowest BCUT2D eigenvalue weighted by molar-refractivity contribution is -0.114. The molecule has 2 amide bonds. The molecule has 0 radical (unpaired) electrons. The number of aromatic nitrogens is 1. The summed E-state index contributed by atoms with van der Waals surface area (Å²) < 4.78 is 0. The van der Waals surface area contributed by atoms with Gasteiger partial charge in [0.25, 0.3) is 5.91 Å². The monoisotopic (exact) mass is 284 g/mol. The number of benzene rings is 1. The Morgan fingerprint density at radius 3 is 2.62 bits per heavy atom. The van der Waals surface area contributed by atoms with Gasteiger partial charge in [0.15, 0.2) is 0 Å². The zero-order valence-electron chi connectivity index (χ0n) is 11.6. The summed E-state index contributed by atoms with van der Waals surface area (Å²) in [6.07, 6.45) is 0. The molecular formula is C15H16N4O2. The predicted molar refractivity (Wildman–Crippen MR) is 80.8 cm³/mol. The topological polar surface area (TPSA) is 97.1 Å². The van der Waals surface area contributed by atoms with E-state index in [4.69, 9.17) is 5.73 Å². The zero-order valence-corrected chi connectivity index (χ0v) is 11.6. The standard InChI is InChI=1S/C15H16N4O2/c1-10(20)17-12-5-2-4-11(8-12)15(21)19-14-7-3-6-13(9-16)18-14/h2-8H,9,16H2,1H3,(H,17,20)(H,18,19,21). The molecule has 6 nitrogen and oxygen atoms in total. The molecule has 1 aromatic heterocycles. The molecule has 108 valence electrons. The van der Waals surface area contributed by atoms with E-state index in [1.54, 1.807) is 42.5 Å². The molecule has 0 aliphatic carbocycles. The van der Waals surface area contributed by atoms with Crippen molar-refractivity contribution in [3.63, 3.8) is 0 Å². The maximum Gasteiger partial charge on any atom is 0.256 e. The number of nitrogens with one attached hydrogen (secondary N) is 2. The molecule has 0 fully saturated rings. The fourth-order valence-electron chi connectivity index (χ4n) is 1.79. The third-order valence-electron chi connectivity index (χ3n) is 2.70. The molecule has 6 heteroatoms. The maximum absolute atomic E-state index is 12.2. The minimum Gasteiger partial charge on any atom is -0.326 e. The molecule has 2 rings (SSSR count). The smallest absolute Gasteiger partial charge is 0.256 e. The third-order valence-corrected chi connectivity index (χ3v) is 2.70. The second-order valence-electron chi connectivity index (χ2n) is 4.43. The number of pyridine rings is 1. The molecule has 0 unspecified atom stereocenters. The van der Waals surface area contributed by atoms with E-state index < -0.39 is 0 Å². The van der Waals surface area contributed by atoms with Gasteiger partial charge < -0.3 is 16.4 Å². The Hall–Kier alpha value is -2.73. The minimum absolute atomic E-state index is 0.190. The van der Waals surface area contributed by atoms with E-state index in [1.807, 2.05) is 0 Å². The lowest BCUT2D eigenvalue weighted by Crippen LogP contribution is -2.14. The van der Waals surface area contributed by atoms with Crippen molar-refractivity contribution in [1.29, 1.82) is 0 Å². The van der Waals surface area contributed by atoms with Crippen molar-refractivity contribution >= 4 is 23.3 Å². The van der Waals surface area contributed by atoms with Crippen LogP contribution in [-0.2, 0) is 11.3 Å². The van der Waals surface area contributed by atoms with Crippen LogP contribution in [0.5, 0.6) is 0 Å². The second-order valence-corrected chi connectivity index (χ2v) is 4.43. The molecule has 0 saturated carbocycles. The molecule has 0 spiro atoms. The van der Waals surface area contributed by atoms with E-state index in [0.717, 1.165) is 0 Å². The van der Waals surface area contributed by atoms with Gasteiger partial charge in [-0.2, -0.15) is 0 Å². The van der Waals surface area contributed by atoms with Crippen LogP contribution in [0.4, 0.5) is 11.5 Å². The van der Waals surface area contributed by atoms with E-state index in [0.29, 0.717) is 29.3 Å². The first-order valence-electron chi connectivity index (χ1n) is 6.43. The molecule has 1 heterocycles. The van der Waals surface area contributed by atoms with Gasteiger partial charge in [0, 0.05) is 24.7 Å². The summed E-state index contributed by atoms with van der Waals surface area (Å²) in [5, 5.41) is 5.33. The number of nitrogens with two attached hydrogens (primary N) is 1. The largest absolute Gasteiger partial charge is 0.326 e. The number of hydrogen-bond donors (Lipinski definition) is 3. The van der Waals surface area contributed by atoms with Crippen molar-refractivity contribution in [3.05, 3.63) is 53.7 Å². The van der Waals surface area contributed by atoms with Crippen LogP contribution in [-0.4, -0.2) is 16.8 Å². The summed E-state index contributed by atoms with van der Waals surface area (Å²) >= 11 is 0. The Kier molecular flexibility index (Phi) is 4.63. The van der Waals surface area contributed by atoms with Crippen LogP contribution in [0.2, 0.25) is 0 Å². The first-order chi connectivity index (χ1) is 10.1. The van der Waals surface area contributed by atoms with Crippen molar-refractivity contribution in [1.82, 2.24) is 4.98 Å².